The summed E-state index contributed by atoms with van der Waals surface area (Å²) >= 11 is 6.10. The van der Waals surface area contributed by atoms with Gasteiger partial charge in [-0.15, -0.1) is 0 Å². The molecule has 0 aliphatic heterocycles. The number of oxazole rings is 1. The summed E-state index contributed by atoms with van der Waals surface area (Å²) < 4.78 is 19.6. The summed E-state index contributed by atoms with van der Waals surface area (Å²) in [5.41, 5.74) is 1.73. The normalized spacial score (nSPS) is 14.2. The van der Waals surface area contributed by atoms with E-state index in [9.17, 15) is 9.18 Å². The van der Waals surface area contributed by atoms with Gasteiger partial charge < -0.3 is 9.32 Å². The monoisotopic (exact) mass is 370 g/mol. The number of benzene rings is 2. The van der Waals surface area contributed by atoms with Crippen LogP contribution >= 0.6 is 11.6 Å². The Labute approximate surface area is 154 Å². The molecule has 3 aromatic rings. The summed E-state index contributed by atoms with van der Waals surface area (Å²) in [6.45, 7) is 0.146. The maximum absolute atomic E-state index is 14.1. The highest BCUT2D eigenvalue weighted by atomic mass is 35.5. The molecular formula is C20H16ClFN2O2. The predicted octanol–water partition coefficient (Wildman–Crippen LogP) is 4.82. The third kappa shape index (κ3) is 3.48. The minimum Gasteiger partial charge on any atom is -0.437 e. The van der Waals surface area contributed by atoms with E-state index in [0.29, 0.717) is 22.1 Å². The second-order valence-electron chi connectivity index (χ2n) is 6.25. The maximum Gasteiger partial charge on any atom is 0.247 e. The molecule has 1 heterocycles. The number of fused-ring (bicyclic) bond motifs is 1. The highest BCUT2D eigenvalue weighted by molar-refractivity contribution is 6.31. The second-order valence-corrected chi connectivity index (χ2v) is 6.66. The van der Waals surface area contributed by atoms with E-state index in [1.165, 1.54) is 12.1 Å². The molecule has 0 unspecified atom stereocenters. The molecular weight excluding hydrogens is 355 g/mol. The van der Waals surface area contributed by atoms with Crippen LogP contribution in [0.1, 0.15) is 24.3 Å². The van der Waals surface area contributed by atoms with Crippen LogP contribution in [-0.2, 0) is 11.3 Å². The zero-order valence-corrected chi connectivity index (χ0v) is 14.6. The third-order valence-electron chi connectivity index (χ3n) is 4.34. The smallest absolute Gasteiger partial charge is 0.247 e. The molecule has 132 valence electrons. The van der Waals surface area contributed by atoms with E-state index < -0.39 is 5.82 Å². The Morgan fingerprint density at radius 2 is 2.08 bits per heavy atom. The van der Waals surface area contributed by atoms with Crippen molar-refractivity contribution < 1.29 is 13.6 Å². The minimum absolute atomic E-state index is 0.117. The van der Waals surface area contributed by atoms with Gasteiger partial charge >= 0.3 is 0 Å². The summed E-state index contributed by atoms with van der Waals surface area (Å²) in [4.78, 5) is 18.6. The Kier molecular flexibility index (Phi) is 4.47. The van der Waals surface area contributed by atoms with Crippen LogP contribution in [0.15, 0.2) is 53.0 Å². The van der Waals surface area contributed by atoms with Crippen molar-refractivity contribution >= 4 is 34.7 Å². The van der Waals surface area contributed by atoms with Crippen molar-refractivity contribution in [3.05, 3.63) is 70.8 Å². The molecule has 1 saturated carbocycles. The molecule has 0 saturated heterocycles. The van der Waals surface area contributed by atoms with Gasteiger partial charge in [0.1, 0.15) is 11.3 Å². The molecule has 0 atom stereocenters. The van der Waals surface area contributed by atoms with Gasteiger partial charge in [-0.25, -0.2) is 9.37 Å². The van der Waals surface area contributed by atoms with Crippen LogP contribution in [0, 0.1) is 5.82 Å². The fourth-order valence-corrected chi connectivity index (χ4v) is 3.05. The van der Waals surface area contributed by atoms with Crippen LogP contribution in [0.25, 0.3) is 17.2 Å². The Hall–Kier alpha value is -2.66. The maximum atomic E-state index is 14.1. The Morgan fingerprint density at radius 3 is 2.81 bits per heavy atom. The third-order valence-corrected chi connectivity index (χ3v) is 4.69. The van der Waals surface area contributed by atoms with Crippen molar-refractivity contribution in [3.8, 4) is 0 Å². The number of para-hydroxylation sites is 2. The summed E-state index contributed by atoms with van der Waals surface area (Å²) in [6.07, 6.45) is 4.78. The summed E-state index contributed by atoms with van der Waals surface area (Å²) in [6, 6.07) is 12.0. The molecule has 26 heavy (non-hydrogen) atoms. The number of hydrogen-bond donors (Lipinski definition) is 0. The number of halogens is 2. The molecule has 6 heteroatoms. The highest BCUT2D eigenvalue weighted by Crippen LogP contribution is 2.31. The van der Waals surface area contributed by atoms with Crippen LogP contribution in [0.4, 0.5) is 4.39 Å². The second kappa shape index (κ2) is 6.92. The van der Waals surface area contributed by atoms with Crippen LogP contribution in [0.3, 0.4) is 0 Å². The first kappa shape index (κ1) is 16.8. The van der Waals surface area contributed by atoms with Gasteiger partial charge in [0.15, 0.2) is 5.58 Å². The van der Waals surface area contributed by atoms with Crippen molar-refractivity contribution in [2.75, 3.05) is 0 Å². The number of carbonyl (C=O) groups is 1. The van der Waals surface area contributed by atoms with E-state index in [1.807, 2.05) is 24.3 Å². The molecule has 1 aromatic heterocycles. The van der Waals surface area contributed by atoms with E-state index in [4.69, 9.17) is 16.0 Å². The fraction of sp³-hybridized carbons (Fsp3) is 0.200. The molecule has 2 aromatic carbocycles. The number of aromatic nitrogens is 1. The number of carbonyl (C=O) groups excluding carboxylic acids is 1. The Bertz CT molecular complexity index is 941. The summed E-state index contributed by atoms with van der Waals surface area (Å²) in [7, 11) is 0. The Balaban J connectivity index is 1.54. The van der Waals surface area contributed by atoms with Gasteiger partial charge in [-0.1, -0.05) is 29.8 Å². The average molecular weight is 371 g/mol. The van der Waals surface area contributed by atoms with E-state index in [0.717, 1.165) is 18.4 Å². The van der Waals surface area contributed by atoms with Crippen molar-refractivity contribution in [2.45, 2.75) is 25.4 Å². The van der Waals surface area contributed by atoms with Gasteiger partial charge in [-0.3, -0.25) is 4.79 Å². The first-order chi connectivity index (χ1) is 12.6. The van der Waals surface area contributed by atoms with Crippen LogP contribution in [0.2, 0.25) is 5.02 Å². The van der Waals surface area contributed by atoms with Gasteiger partial charge in [0.25, 0.3) is 0 Å². The van der Waals surface area contributed by atoms with Crippen molar-refractivity contribution in [1.82, 2.24) is 9.88 Å². The fourth-order valence-electron chi connectivity index (χ4n) is 2.83. The molecule has 0 radical (unpaired) electrons. The lowest BCUT2D eigenvalue weighted by molar-refractivity contribution is -0.127. The Morgan fingerprint density at radius 1 is 1.27 bits per heavy atom. The zero-order chi connectivity index (χ0) is 18.1. The van der Waals surface area contributed by atoms with Crippen LogP contribution in [-0.4, -0.2) is 21.8 Å². The van der Waals surface area contributed by atoms with Crippen LogP contribution < -0.4 is 0 Å². The lowest BCUT2D eigenvalue weighted by Crippen LogP contribution is -2.31. The van der Waals surface area contributed by atoms with Gasteiger partial charge in [-0.05, 0) is 37.1 Å². The van der Waals surface area contributed by atoms with Gasteiger partial charge in [0.05, 0.1) is 6.54 Å². The highest BCUT2D eigenvalue weighted by Gasteiger charge is 2.32. The number of rotatable bonds is 5. The molecule has 0 N–H and O–H groups in total. The molecule has 1 aliphatic carbocycles. The number of nitrogens with zero attached hydrogens (tertiary/aromatic N) is 2. The van der Waals surface area contributed by atoms with Crippen LogP contribution in [0.5, 0.6) is 0 Å². The summed E-state index contributed by atoms with van der Waals surface area (Å²) in [5, 5.41) is 0.325. The van der Waals surface area contributed by atoms with E-state index in [1.54, 1.807) is 23.1 Å². The van der Waals surface area contributed by atoms with Crippen molar-refractivity contribution in [1.29, 1.82) is 0 Å². The lowest BCUT2D eigenvalue weighted by Gasteiger charge is -2.21. The molecule has 0 bridgehead atoms. The first-order valence-electron chi connectivity index (χ1n) is 8.39. The molecule has 1 amide bonds. The van der Waals surface area contributed by atoms with E-state index in [2.05, 4.69) is 4.98 Å². The predicted molar refractivity (Wildman–Crippen MR) is 98.0 cm³/mol. The standard InChI is InChI=1S/C20H16ClFN2O2/c21-15-4-3-5-16(22)14(15)12-24(13-8-9-13)20(25)11-10-19-23-17-6-1-2-7-18(17)26-19/h1-7,10-11,13H,8-9,12H2. The van der Waals surface area contributed by atoms with Crippen molar-refractivity contribution in [2.24, 2.45) is 0 Å². The molecule has 4 rings (SSSR count). The number of hydrogen-bond acceptors (Lipinski definition) is 3. The first-order valence-corrected chi connectivity index (χ1v) is 8.77. The topological polar surface area (TPSA) is 46.3 Å². The quantitative estimate of drug-likeness (QED) is 0.604. The molecule has 4 nitrogen and oxygen atoms in total. The molecule has 1 aliphatic rings. The zero-order valence-electron chi connectivity index (χ0n) is 13.9. The SMILES string of the molecule is O=C(C=Cc1nc2ccccc2o1)N(Cc1c(F)cccc1Cl)C1CC1. The van der Waals surface area contributed by atoms with Gasteiger partial charge in [0.2, 0.25) is 11.8 Å². The van der Waals surface area contributed by atoms with Gasteiger partial charge in [-0.2, -0.15) is 0 Å². The van der Waals surface area contributed by atoms with Crippen molar-refractivity contribution in [3.63, 3.8) is 0 Å². The lowest BCUT2D eigenvalue weighted by atomic mass is 10.2. The van der Waals surface area contributed by atoms with E-state index in [-0.39, 0.29) is 18.5 Å². The van der Waals surface area contributed by atoms with E-state index >= 15 is 0 Å². The summed E-state index contributed by atoms with van der Waals surface area (Å²) in [5.74, 6) is -0.257. The average Bonchev–Trinajstić information content (AvgIpc) is 3.38. The van der Waals surface area contributed by atoms with Gasteiger partial charge in [0, 0.05) is 28.8 Å². The molecule has 0 spiro atoms. The molecule has 1 fully saturated rings. The minimum atomic E-state index is -0.404. The largest absolute Gasteiger partial charge is 0.437 e. The number of amides is 1.